The zero-order valence-electron chi connectivity index (χ0n) is 11.8. The first-order valence-electron chi connectivity index (χ1n) is 6.57. The third kappa shape index (κ3) is 3.70. The van der Waals surface area contributed by atoms with Gasteiger partial charge in [-0.3, -0.25) is 9.78 Å². The summed E-state index contributed by atoms with van der Waals surface area (Å²) in [4.78, 5) is 20.0. The van der Waals surface area contributed by atoms with E-state index in [0.29, 0.717) is 0 Å². The summed E-state index contributed by atoms with van der Waals surface area (Å²) in [7, 11) is 1.61. The van der Waals surface area contributed by atoms with E-state index in [9.17, 15) is 4.79 Å². The van der Waals surface area contributed by atoms with Crippen molar-refractivity contribution < 1.29 is 9.53 Å². The Labute approximate surface area is 128 Å². The Morgan fingerprint density at radius 3 is 2.81 bits per heavy atom. The summed E-state index contributed by atoms with van der Waals surface area (Å²) < 4.78 is 5.33. The van der Waals surface area contributed by atoms with Gasteiger partial charge in [0.2, 0.25) is 0 Å². The summed E-state index contributed by atoms with van der Waals surface area (Å²) in [5.74, 6) is 0.421. The molecule has 0 saturated heterocycles. The predicted octanol–water partition coefficient (Wildman–Crippen LogP) is 3.02. The van der Waals surface area contributed by atoms with E-state index in [-0.39, 0.29) is 22.8 Å². The van der Waals surface area contributed by atoms with Gasteiger partial charge in [0.1, 0.15) is 16.6 Å². The number of carbonyl (C=O) groups excluding carboxylic acids is 1. The molecule has 110 valence electrons. The van der Waals surface area contributed by atoms with Crippen molar-refractivity contribution in [3.63, 3.8) is 0 Å². The monoisotopic (exact) mass is 305 g/mol. The van der Waals surface area contributed by atoms with E-state index in [1.165, 1.54) is 12.4 Å². The Balaban J connectivity index is 2.21. The molecule has 0 aliphatic heterocycles. The van der Waals surface area contributed by atoms with Gasteiger partial charge in [0.15, 0.2) is 0 Å². The van der Waals surface area contributed by atoms with Crippen LogP contribution in [0.4, 0.5) is 0 Å². The maximum absolute atomic E-state index is 12.2. The SMILES string of the molecule is CCC(NC(=O)c1cncc(Cl)n1)c1ccccc1OC. The molecule has 0 fully saturated rings. The number of hydrogen-bond donors (Lipinski definition) is 1. The number of nitrogens with one attached hydrogen (secondary N) is 1. The molecule has 1 unspecified atom stereocenters. The minimum atomic E-state index is -0.317. The zero-order valence-corrected chi connectivity index (χ0v) is 12.6. The first-order chi connectivity index (χ1) is 10.2. The van der Waals surface area contributed by atoms with Gasteiger partial charge in [-0.05, 0) is 12.5 Å². The standard InChI is InChI=1S/C15H16ClN3O2/c1-3-11(10-6-4-5-7-13(10)21-2)19-15(20)12-8-17-9-14(16)18-12/h4-9,11H,3H2,1-2H3,(H,19,20). The van der Waals surface area contributed by atoms with Crippen molar-refractivity contribution in [3.8, 4) is 5.75 Å². The van der Waals surface area contributed by atoms with Crippen molar-refractivity contribution in [2.24, 2.45) is 0 Å². The Bertz CT molecular complexity index is 634. The Morgan fingerprint density at radius 2 is 2.14 bits per heavy atom. The molecule has 1 aromatic heterocycles. The van der Waals surface area contributed by atoms with E-state index in [2.05, 4.69) is 15.3 Å². The van der Waals surface area contributed by atoms with Crippen LogP contribution in [0.25, 0.3) is 0 Å². The summed E-state index contributed by atoms with van der Waals surface area (Å²) in [6.45, 7) is 1.99. The number of hydrogen-bond acceptors (Lipinski definition) is 4. The predicted molar refractivity (Wildman–Crippen MR) is 80.5 cm³/mol. The fourth-order valence-corrected chi connectivity index (χ4v) is 2.19. The molecule has 0 radical (unpaired) electrons. The highest BCUT2D eigenvalue weighted by molar-refractivity contribution is 6.29. The van der Waals surface area contributed by atoms with Gasteiger partial charge in [-0.2, -0.15) is 0 Å². The highest BCUT2D eigenvalue weighted by Gasteiger charge is 2.18. The first kappa shape index (κ1) is 15.3. The maximum Gasteiger partial charge on any atom is 0.272 e. The lowest BCUT2D eigenvalue weighted by Gasteiger charge is -2.19. The molecule has 1 heterocycles. The van der Waals surface area contributed by atoms with Crippen molar-refractivity contribution in [1.82, 2.24) is 15.3 Å². The van der Waals surface area contributed by atoms with Crippen LogP contribution < -0.4 is 10.1 Å². The Hall–Kier alpha value is -2.14. The van der Waals surface area contributed by atoms with E-state index >= 15 is 0 Å². The van der Waals surface area contributed by atoms with E-state index in [4.69, 9.17) is 16.3 Å². The van der Waals surface area contributed by atoms with Crippen molar-refractivity contribution in [2.75, 3.05) is 7.11 Å². The second-order valence-corrected chi connectivity index (χ2v) is 4.79. The minimum absolute atomic E-state index is 0.172. The Kier molecular flexibility index (Phi) is 5.11. The maximum atomic E-state index is 12.2. The second-order valence-electron chi connectivity index (χ2n) is 4.40. The highest BCUT2D eigenvalue weighted by atomic mass is 35.5. The molecule has 0 saturated carbocycles. The lowest BCUT2D eigenvalue weighted by molar-refractivity contribution is 0.0929. The van der Waals surface area contributed by atoms with Crippen molar-refractivity contribution >= 4 is 17.5 Å². The van der Waals surface area contributed by atoms with E-state index in [0.717, 1.165) is 17.7 Å². The van der Waals surface area contributed by atoms with Crippen LogP contribution in [-0.2, 0) is 0 Å². The molecule has 2 rings (SSSR count). The number of rotatable bonds is 5. The smallest absolute Gasteiger partial charge is 0.272 e. The van der Waals surface area contributed by atoms with Crippen LogP contribution in [0, 0.1) is 0 Å². The molecular weight excluding hydrogens is 290 g/mol. The van der Waals surface area contributed by atoms with Gasteiger partial charge in [-0.1, -0.05) is 36.7 Å². The van der Waals surface area contributed by atoms with E-state index in [1.54, 1.807) is 7.11 Å². The van der Waals surface area contributed by atoms with Crippen molar-refractivity contribution in [2.45, 2.75) is 19.4 Å². The number of carbonyl (C=O) groups is 1. The molecule has 0 aliphatic rings. The lowest BCUT2D eigenvalue weighted by atomic mass is 10.0. The number of nitrogens with zero attached hydrogens (tertiary/aromatic N) is 2. The first-order valence-corrected chi connectivity index (χ1v) is 6.94. The fraction of sp³-hybridized carbons (Fsp3) is 0.267. The molecule has 1 atom stereocenters. The third-order valence-corrected chi connectivity index (χ3v) is 3.25. The van der Waals surface area contributed by atoms with Crippen LogP contribution in [-0.4, -0.2) is 23.0 Å². The van der Waals surface area contributed by atoms with Crippen molar-refractivity contribution in [3.05, 3.63) is 53.1 Å². The molecule has 1 amide bonds. The molecule has 21 heavy (non-hydrogen) atoms. The molecule has 5 nitrogen and oxygen atoms in total. The largest absolute Gasteiger partial charge is 0.496 e. The number of aromatic nitrogens is 2. The van der Waals surface area contributed by atoms with Crippen LogP contribution >= 0.6 is 11.6 Å². The van der Waals surface area contributed by atoms with Gasteiger partial charge in [0, 0.05) is 5.56 Å². The topological polar surface area (TPSA) is 64.1 Å². The third-order valence-electron chi connectivity index (χ3n) is 3.07. The van der Waals surface area contributed by atoms with E-state index < -0.39 is 0 Å². The van der Waals surface area contributed by atoms with Gasteiger partial charge in [-0.25, -0.2) is 4.98 Å². The van der Waals surface area contributed by atoms with Gasteiger partial charge in [0.05, 0.1) is 25.5 Å². The van der Waals surface area contributed by atoms with Crippen molar-refractivity contribution in [1.29, 1.82) is 0 Å². The number of halogens is 1. The van der Waals surface area contributed by atoms with Crippen LogP contribution in [0.5, 0.6) is 5.75 Å². The molecule has 1 aromatic carbocycles. The van der Waals surface area contributed by atoms with Gasteiger partial charge in [-0.15, -0.1) is 0 Å². The summed E-state index contributed by atoms with van der Waals surface area (Å²) in [5.41, 5.74) is 1.11. The number of methoxy groups -OCH3 is 1. The number of ether oxygens (including phenoxy) is 1. The summed E-state index contributed by atoms with van der Waals surface area (Å²) in [6.07, 6.45) is 3.49. The minimum Gasteiger partial charge on any atom is -0.496 e. The molecule has 2 aromatic rings. The number of para-hydroxylation sites is 1. The number of amides is 1. The zero-order chi connectivity index (χ0) is 15.2. The summed E-state index contributed by atoms with van der Waals surface area (Å²) >= 11 is 5.75. The highest BCUT2D eigenvalue weighted by Crippen LogP contribution is 2.26. The average molecular weight is 306 g/mol. The summed E-state index contributed by atoms with van der Waals surface area (Å²) in [6, 6.07) is 7.42. The average Bonchev–Trinajstić information content (AvgIpc) is 2.52. The fourth-order valence-electron chi connectivity index (χ4n) is 2.04. The molecule has 0 aliphatic carbocycles. The lowest BCUT2D eigenvalue weighted by Crippen LogP contribution is -2.29. The molecule has 0 spiro atoms. The quantitative estimate of drug-likeness (QED) is 0.922. The second kappa shape index (κ2) is 7.04. The van der Waals surface area contributed by atoms with Crippen LogP contribution in [0.1, 0.15) is 35.4 Å². The molecule has 0 bridgehead atoms. The van der Waals surface area contributed by atoms with Gasteiger partial charge < -0.3 is 10.1 Å². The van der Waals surface area contributed by atoms with Gasteiger partial charge in [0.25, 0.3) is 5.91 Å². The number of benzene rings is 1. The van der Waals surface area contributed by atoms with Crippen LogP contribution in [0.15, 0.2) is 36.7 Å². The van der Waals surface area contributed by atoms with E-state index in [1.807, 2.05) is 31.2 Å². The summed E-state index contributed by atoms with van der Waals surface area (Å²) in [5, 5.41) is 3.11. The van der Waals surface area contributed by atoms with Crippen LogP contribution in [0.3, 0.4) is 0 Å². The Morgan fingerprint density at radius 1 is 1.38 bits per heavy atom. The molecular formula is C15H16ClN3O2. The normalized spacial score (nSPS) is 11.8. The molecule has 6 heteroatoms. The molecule has 1 N–H and O–H groups in total. The van der Waals surface area contributed by atoms with Gasteiger partial charge >= 0.3 is 0 Å². The van der Waals surface area contributed by atoms with Crippen LogP contribution in [0.2, 0.25) is 5.15 Å².